The highest BCUT2D eigenvalue weighted by atomic mass is 32.2. The fraction of sp³-hybridized carbons (Fsp3) is 0.538. The monoisotopic (exact) mass is 767 g/mol. The zero-order valence-corrected chi connectivity index (χ0v) is 32.8. The molecule has 1 saturated heterocycles. The van der Waals surface area contributed by atoms with Crippen LogP contribution in [0.1, 0.15) is 96.1 Å². The first-order valence-electron chi connectivity index (χ1n) is 18.3. The SMILES string of the molecule is CC(C)(C)OC(=O)NCc1cccc2c1OCCCCOCC(C)(OC1CCCCO1)CC(C)(C)S(=O)(=O)c1ccc(cc1)-c1cnc(N)c(n1)C(=O)N2. The molecular formula is C39H53N5O9S. The fourth-order valence-corrected chi connectivity index (χ4v) is 8.12. The first-order valence-corrected chi connectivity index (χ1v) is 19.8. The number of fused-ring (bicyclic) bond motifs is 13. The van der Waals surface area contributed by atoms with Crippen molar-refractivity contribution in [1.29, 1.82) is 0 Å². The van der Waals surface area contributed by atoms with Gasteiger partial charge in [0.2, 0.25) is 0 Å². The molecule has 0 radical (unpaired) electrons. The molecular weight excluding hydrogens is 715 g/mol. The van der Waals surface area contributed by atoms with Gasteiger partial charge < -0.3 is 40.1 Å². The number of carbonyl (C=O) groups excluding carboxylic acids is 2. The predicted octanol–water partition coefficient (Wildman–Crippen LogP) is 6.44. The van der Waals surface area contributed by atoms with Crippen LogP contribution < -0.4 is 21.1 Å². The van der Waals surface area contributed by atoms with Crippen molar-refractivity contribution in [3.05, 3.63) is 59.9 Å². The average molecular weight is 768 g/mol. The van der Waals surface area contributed by atoms with Crippen LogP contribution in [0.4, 0.5) is 16.3 Å². The summed E-state index contributed by atoms with van der Waals surface area (Å²) < 4.78 is 57.3. The van der Waals surface area contributed by atoms with E-state index in [0.717, 1.165) is 12.8 Å². The van der Waals surface area contributed by atoms with Crippen LogP contribution in [0.2, 0.25) is 0 Å². The number of amides is 2. The van der Waals surface area contributed by atoms with Crippen LogP contribution in [-0.4, -0.2) is 79.1 Å². The van der Waals surface area contributed by atoms with Crippen molar-refractivity contribution in [1.82, 2.24) is 15.3 Å². The quantitative estimate of drug-likeness (QED) is 0.264. The lowest BCUT2D eigenvalue weighted by atomic mass is 9.93. The Morgan fingerprint density at radius 2 is 1.76 bits per heavy atom. The van der Waals surface area contributed by atoms with E-state index in [9.17, 15) is 18.0 Å². The second-order valence-corrected chi connectivity index (χ2v) is 18.1. The number of anilines is 2. The maximum absolute atomic E-state index is 14.1. The molecule has 4 N–H and O–H groups in total. The Balaban J connectivity index is 1.48. The van der Waals surface area contributed by atoms with Crippen LogP contribution in [0.15, 0.2) is 53.6 Å². The molecule has 4 bridgehead atoms. The average Bonchev–Trinajstić information content (AvgIpc) is 3.10. The number of benzene rings is 2. The van der Waals surface area contributed by atoms with Crippen LogP contribution >= 0.6 is 0 Å². The number of carbonyl (C=O) groups is 2. The molecule has 1 fully saturated rings. The number of sulfone groups is 1. The summed E-state index contributed by atoms with van der Waals surface area (Å²) in [5, 5.41) is 5.61. The van der Waals surface area contributed by atoms with E-state index in [-0.39, 0.29) is 42.6 Å². The smallest absolute Gasteiger partial charge is 0.407 e. The molecule has 4 heterocycles. The first kappa shape index (κ1) is 40.9. The topological polar surface area (TPSA) is 190 Å². The normalized spacial score (nSPS) is 22.3. The Labute approximate surface area is 317 Å². The highest BCUT2D eigenvalue weighted by Gasteiger charge is 2.44. The van der Waals surface area contributed by atoms with E-state index in [0.29, 0.717) is 60.7 Å². The highest BCUT2D eigenvalue weighted by molar-refractivity contribution is 7.92. The molecule has 1 aromatic heterocycles. The molecule has 3 aliphatic heterocycles. The molecule has 0 spiro atoms. The molecule has 6 rings (SSSR count). The van der Waals surface area contributed by atoms with E-state index in [4.69, 9.17) is 29.4 Å². The summed E-state index contributed by atoms with van der Waals surface area (Å²) in [4.78, 5) is 35.0. The summed E-state index contributed by atoms with van der Waals surface area (Å²) in [5.41, 5.74) is 6.14. The first-order chi connectivity index (χ1) is 25.5. The van der Waals surface area contributed by atoms with E-state index >= 15 is 0 Å². The molecule has 2 aromatic carbocycles. The predicted molar refractivity (Wildman–Crippen MR) is 204 cm³/mol. The van der Waals surface area contributed by atoms with Crippen molar-refractivity contribution in [2.24, 2.45) is 0 Å². The Morgan fingerprint density at radius 1 is 1.04 bits per heavy atom. The van der Waals surface area contributed by atoms with Gasteiger partial charge in [0.15, 0.2) is 27.6 Å². The lowest BCUT2D eigenvalue weighted by Crippen LogP contribution is -2.48. The lowest BCUT2D eigenvalue weighted by molar-refractivity contribution is -0.236. The minimum absolute atomic E-state index is 0.0693. The van der Waals surface area contributed by atoms with Crippen LogP contribution in [0.25, 0.3) is 11.3 Å². The summed E-state index contributed by atoms with van der Waals surface area (Å²) in [6.07, 6.45) is 4.34. The molecule has 294 valence electrons. The van der Waals surface area contributed by atoms with Crippen molar-refractivity contribution >= 4 is 33.3 Å². The van der Waals surface area contributed by atoms with Crippen molar-refractivity contribution < 1.29 is 41.7 Å². The van der Waals surface area contributed by atoms with E-state index in [1.54, 1.807) is 65.0 Å². The molecule has 15 heteroatoms. The third kappa shape index (κ3) is 10.5. The number of ether oxygens (including phenoxy) is 5. The van der Waals surface area contributed by atoms with Crippen molar-refractivity contribution in [2.45, 2.75) is 114 Å². The number of para-hydroxylation sites is 1. The van der Waals surface area contributed by atoms with Crippen molar-refractivity contribution in [2.75, 3.05) is 37.5 Å². The van der Waals surface area contributed by atoms with Crippen LogP contribution in [0.5, 0.6) is 5.75 Å². The van der Waals surface area contributed by atoms with Crippen LogP contribution in [-0.2, 0) is 35.3 Å². The summed E-state index contributed by atoms with van der Waals surface area (Å²) in [6.45, 7) is 12.0. The largest absolute Gasteiger partial charge is 0.491 e. The zero-order valence-electron chi connectivity index (χ0n) is 32.0. The number of nitrogens with two attached hydrogens (primary N) is 1. The number of nitrogens with one attached hydrogen (secondary N) is 2. The summed E-state index contributed by atoms with van der Waals surface area (Å²) in [5.74, 6) is -0.370. The summed E-state index contributed by atoms with van der Waals surface area (Å²) >= 11 is 0. The van der Waals surface area contributed by atoms with Crippen LogP contribution in [0, 0.1) is 0 Å². The molecule has 0 aliphatic carbocycles. The Hall–Kier alpha value is -4.31. The molecule has 2 atom stereocenters. The highest BCUT2D eigenvalue weighted by Crippen LogP contribution is 2.37. The van der Waals surface area contributed by atoms with Gasteiger partial charge in [-0.3, -0.25) is 4.79 Å². The molecule has 14 nitrogen and oxygen atoms in total. The Bertz CT molecular complexity index is 1890. The van der Waals surface area contributed by atoms with Gasteiger partial charge in [0.25, 0.3) is 5.91 Å². The lowest BCUT2D eigenvalue weighted by Gasteiger charge is -2.40. The van der Waals surface area contributed by atoms with Crippen molar-refractivity contribution in [3.8, 4) is 17.0 Å². The molecule has 0 saturated carbocycles. The molecule has 3 aliphatic rings. The molecule has 54 heavy (non-hydrogen) atoms. The molecule has 2 amide bonds. The number of hydrogen-bond acceptors (Lipinski definition) is 12. The van der Waals surface area contributed by atoms with Gasteiger partial charge in [0.1, 0.15) is 11.4 Å². The number of aromatic nitrogens is 2. The third-order valence-electron chi connectivity index (χ3n) is 9.06. The van der Waals surface area contributed by atoms with Gasteiger partial charge in [0, 0.05) is 30.9 Å². The standard InChI is InChI=1S/C39H53N5O9S/c1-37(2,3)53-36(46)42-22-27-12-11-13-29-33(27)51-21-10-9-19-49-25-39(6,52-31-14-7-8-20-50-31)24-38(4,5)54(47,48)28-17-15-26(16-18-28)30-23-41-34(40)32(43-30)35(45)44-29/h11-13,15-18,23,31H,7-10,14,19-22,24-25H2,1-6H3,(H2,40,41)(H,42,46)(H,44,45). The number of nitrogen functional groups attached to an aromatic ring is 1. The second-order valence-electron chi connectivity index (χ2n) is 15.5. The van der Waals surface area contributed by atoms with Crippen LogP contribution in [0.3, 0.4) is 0 Å². The van der Waals surface area contributed by atoms with Gasteiger partial charge in [-0.05, 0) is 98.3 Å². The molecule has 2 unspecified atom stereocenters. The number of alkyl carbamates (subject to hydrolysis) is 1. The summed E-state index contributed by atoms with van der Waals surface area (Å²) in [6, 6.07) is 11.5. The van der Waals surface area contributed by atoms with Gasteiger partial charge >= 0.3 is 6.09 Å². The zero-order chi connectivity index (χ0) is 39.1. The minimum Gasteiger partial charge on any atom is -0.491 e. The van der Waals surface area contributed by atoms with E-state index in [1.807, 2.05) is 6.92 Å². The second kappa shape index (κ2) is 17.0. The van der Waals surface area contributed by atoms with E-state index < -0.39 is 44.1 Å². The number of hydrogen-bond donors (Lipinski definition) is 3. The number of nitrogens with zero attached hydrogens (tertiary/aromatic N) is 2. The minimum atomic E-state index is -3.87. The Kier molecular flexibility index (Phi) is 12.9. The van der Waals surface area contributed by atoms with Gasteiger partial charge in [-0.15, -0.1) is 0 Å². The third-order valence-corrected chi connectivity index (χ3v) is 11.6. The van der Waals surface area contributed by atoms with E-state index in [1.165, 1.54) is 18.3 Å². The Morgan fingerprint density at radius 3 is 2.46 bits per heavy atom. The fourth-order valence-electron chi connectivity index (χ4n) is 6.50. The number of rotatable bonds is 4. The van der Waals surface area contributed by atoms with Gasteiger partial charge in [0.05, 0.1) is 46.0 Å². The van der Waals surface area contributed by atoms with E-state index in [2.05, 4.69) is 20.6 Å². The maximum atomic E-state index is 14.1. The van der Waals surface area contributed by atoms with Gasteiger partial charge in [-0.25, -0.2) is 23.2 Å². The van der Waals surface area contributed by atoms with Gasteiger partial charge in [-0.2, -0.15) is 0 Å². The maximum Gasteiger partial charge on any atom is 0.407 e. The molecule has 3 aromatic rings. The van der Waals surface area contributed by atoms with Crippen molar-refractivity contribution in [3.63, 3.8) is 0 Å². The summed E-state index contributed by atoms with van der Waals surface area (Å²) in [7, 11) is -3.87. The van der Waals surface area contributed by atoms with Gasteiger partial charge in [-0.1, -0.05) is 24.3 Å².